The molecule has 0 aliphatic rings. The van der Waals surface area contributed by atoms with E-state index in [1.807, 2.05) is 0 Å². The average Bonchev–Trinajstić information content (AvgIpc) is 2.17. The van der Waals surface area contributed by atoms with Crippen molar-refractivity contribution in [3.63, 3.8) is 0 Å². The van der Waals surface area contributed by atoms with Crippen molar-refractivity contribution < 1.29 is 18.9 Å². The van der Waals surface area contributed by atoms with Crippen LogP contribution in [0, 0.1) is 0 Å². The van der Waals surface area contributed by atoms with Gasteiger partial charge in [-0.15, -0.1) is 0 Å². The molecule has 1 aromatic carbocycles. The summed E-state index contributed by atoms with van der Waals surface area (Å²) in [4.78, 5) is 21.4. The summed E-state index contributed by atoms with van der Waals surface area (Å²) in [6, 6.07) is 5.52. The highest BCUT2D eigenvalue weighted by Gasteiger charge is 2.08. The van der Waals surface area contributed by atoms with Gasteiger partial charge in [0.15, 0.2) is 0 Å². The topological polar surface area (TPSA) is 63.6 Å². The van der Waals surface area contributed by atoms with Crippen molar-refractivity contribution in [1.29, 1.82) is 0 Å². The molecule has 4 nitrogen and oxygen atoms in total. The average molecular weight is 198 g/mol. The van der Waals surface area contributed by atoms with E-state index in [1.54, 1.807) is 0 Å². The Labute approximate surface area is 79.8 Å². The molecule has 5 heteroatoms. The summed E-state index contributed by atoms with van der Waals surface area (Å²) >= 11 is 3.32. The Morgan fingerprint density at radius 1 is 1.31 bits per heavy atom. The predicted molar refractivity (Wildman–Crippen MR) is 47.8 cm³/mol. The molecule has 0 aliphatic carbocycles. The number of carboxylic acids is 1. The van der Waals surface area contributed by atoms with Crippen LogP contribution < -0.4 is 0 Å². The number of hydrogen-bond acceptors (Lipinski definition) is 4. The lowest BCUT2D eigenvalue weighted by Gasteiger charge is -1.98. The number of carbonyl (C=O) groups is 2. The van der Waals surface area contributed by atoms with Crippen molar-refractivity contribution >= 4 is 24.8 Å². The van der Waals surface area contributed by atoms with E-state index in [9.17, 15) is 9.59 Å². The van der Waals surface area contributed by atoms with Crippen LogP contribution in [0.5, 0.6) is 0 Å². The van der Waals surface area contributed by atoms with Crippen LogP contribution in [-0.4, -0.2) is 17.0 Å². The van der Waals surface area contributed by atoms with Gasteiger partial charge in [0.1, 0.15) is 0 Å². The first-order valence-electron chi connectivity index (χ1n) is 3.34. The molecular weight excluding hydrogens is 192 g/mol. The van der Waals surface area contributed by atoms with Gasteiger partial charge in [-0.1, -0.05) is 6.07 Å². The molecule has 0 aliphatic heterocycles. The lowest BCUT2D eigenvalue weighted by molar-refractivity contribution is 0.0697. The standard InChI is InChI=1S/C8H6O4S/c9-7(10)5-2-1-3-6(4-5)8(11)12-13/h1-4,13H,(H,9,10). The summed E-state index contributed by atoms with van der Waals surface area (Å²) in [5.74, 6) is -1.76. The molecule has 68 valence electrons. The van der Waals surface area contributed by atoms with Crippen LogP contribution in [0.3, 0.4) is 0 Å². The zero-order chi connectivity index (χ0) is 9.84. The second-order valence-corrected chi connectivity index (χ2v) is 2.45. The van der Waals surface area contributed by atoms with E-state index in [-0.39, 0.29) is 11.1 Å². The molecule has 0 atom stereocenters. The van der Waals surface area contributed by atoms with Crippen molar-refractivity contribution in [2.24, 2.45) is 0 Å². The predicted octanol–water partition coefficient (Wildman–Crippen LogP) is 1.39. The van der Waals surface area contributed by atoms with Crippen molar-refractivity contribution in [1.82, 2.24) is 0 Å². The first-order valence-corrected chi connectivity index (χ1v) is 3.71. The molecule has 0 saturated heterocycles. The maximum absolute atomic E-state index is 10.9. The highest BCUT2D eigenvalue weighted by Crippen LogP contribution is 2.07. The SMILES string of the molecule is O=C(O)c1cccc(C(=O)OS)c1. The Bertz CT molecular complexity index is 348. The molecule has 0 aromatic heterocycles. The van der Waals surface area contributed by atoms with Crippen LogP contribution in [0.15, 0.2) is 24.3 Å². The summed E-state index contributed by atoms with van der Waals surface area (Å²) in [5.41, 5.74) is 0.200. The molecule has 0 fully saturated rings. The molecule has 1 rings (SSSR count). The van der Waals surface area contributed by atoms with E-state index in [4.69, 9.17) is 5.11 Å². The Balaban J connectivity index is 3.05. The van der Waals surface area contributed by atoms with Crippen LogP contribution >= 0.6 is 12.9 Å². The summed E-state index contributed by atoms with van der Waals surface area (Å²) in [7, 11) is 0. The van der Waals surface area contributed by atoms with Crippen LogP contribution in [0.2, 0.25) is 0 Å². The summed E-state index contributed by atoms with van der Waals surface area (Å²) in [5, 5.41) is 8.59. The van der Waals surface area contributed by atoms with E-state index >= 15 is 0 Å². The number of carbonyl (C=O) groups excluding carboxylic acids is 1. The molecule has 0 spiro atoms. The van der Waals surface area contributed by atoms with Gasteiger partial charge < -0.3 is 9.29 Å². The Morgan fingerprint density at radius 2 is 1.92 bits per heavy atom. The smallest absolute Gasteiger partial charge is 0.349 e. The molecule has 0 bridgehead atoms. The first-order chi connectivity index (χ1) is 6.15. The minimum atomic E-state index is -1.09. The van der Waals surface area contributed by atoms with E-state index < -0.39 is 11.9 Å². The molecule has 0 unspecified atom stereocenters. The Morgan fingerprint density at radius 3 is 2.46 bits per heavy atom. The fraction of sp³-hybridized carbons (Fsp3) is 0. The Kier molecular flexibility index (Phi) is 2.92. The third-order valence-corrected chi connectivity index (χ3v) is 1.59. The van der Waals surface area contributed by atoms with E-state index in [1.165, 1.54) is 24.3 Å². The molecule has 1 N–H and O–H groups in total. The van der Waals surface area contributed by atoms with Crippen molar-refractivity contribution in [3.05, 3.63) is 35.4 Å². The van der Waals surface area contributed by atoms with Gasteiger partial charge in [0.05, 0.1) is 11.1 Å². The van der Waals surface area contributed by atoms with Crippen molar-refractivity contribution in [2.75, 3.05) is 0 Å². The lowest BCUT2D eigenvalue weighted by atomic mass is 10.1. The van der Waals surface area contributed by atoms with E-state index in [0.717, 1.165) is 0 Å². The number of carboxylic acid groups (broad SMARTS) is 1. The fourth-order valence-corrected chi connectivity index (χ4v) is 0.937. The number of benzene rings is 1. The van der Waals surface area contributed by atoms with Gasteiger partial charge in [-0.3, -0.25) is 0 Å². The zero-order valence-corrected chi connectivity index (χ0v) is 7.32. The van der Waals surface area contributed by atoms with Gasteiger partial charge in [0.2, 0.25) is 0 Å². The maximum atomic E-state index is 10.9. The van der Waals surface area contributed by atoms with Crippen LogP contribution in [0.1, 0.15) is 20.7 Å². The molecule has 1 aromatic rings. The first kappa shape index (κ1) is 9.60. The summed E-state index contributed by atoms with van der Waals surface area (Å²) < 4.78 is 4.13. The van der Waals surface area contributed by atoms with Gasteiger partial charge in [-0.25, -0.2) is 9.59 Å². The highest BCUT2D eigenvalue weighted by molar-refractivity contribution is 7.75. The van der Waals surface area contributed by atoms with Gasteiger partial charge >= 0.3 is 11.9 Å². The molecular formula is C8H6O4S. The van der Waals surface area contributed by atoms with Gasteiger partial charge in [-0.2, -0.15) is 0 Å². The van der Waals surface area contributed by atoms with Crippen molar-refractivity contribution in [3.8, 4) is 0 Å². The fourth-order valence-electron chi connectivity index (χ4n) is 0.832. The van der Waals surface area contributed by atoms with Crippen LogP contribution in [-0.2, 0) is 4.18 Å². The van der Waals surface area contributed by atoms with Gasteiger partial charge in [0.25, 0.3) is 0 Å². The van der Waals surface area contributed by atoms with Gasteiger partial charge in [0, 0.05) is 12.9 Å². The Hall–Kier alpha value is -1.49. The quantitative estimate of drug-likeness (QED) is 0.556. The summed E-state index contributed by atoms with van der Waals surface area (Å²) in [6.07, 6.45) is 0. The minimum absolute atomic E-state index is 0.0382. The second kappa shape index (κ2) is 3.95. The third kappa shape index (κ3) is 2.22. The third-order valence-electron chi connectivity index (χ3n) is 1.43. The number of aromatic carboxylic acids is 1. The molecule has 0 saturated carbocycles. The monoisotopic (exact) mass is 198 g/mol. The summed E-state index contributed by atoms with van der Waals surface area (Å²) in [6.45, 7) is 0. The number of rotatable bonds is 2. The normalized spacial score (nSPS) is 9.31. The molecule has 13 heavy (non-hydrogen) atoms. The maximum Gasteiger partial charge on any atom is 0.349 e. The largest absolute Gasteiger partial charge is 0.478 e. The molecule has 0 heterocycles. The van der Waals surface area contributed by atoms with E-state index in [2.05, 4.69) is 17.1 Å². The minimum Gasteiger partial charge on any atom is -0.478 e. The number of thiol groups is 1. The van der Waals surface area contributed by atoms with Gasteiger partial charge in [-0.05, 0) is 18.2 Å². The van der Waals surface area contributed by atoms with E-state index in [0.29, 0.717) is 0 Å². The van der Waals surface area contributed by atoms with Crippen LogP contribution in [0.4, 0.5) is 0 Å². The lowest BCUT2D eigenvalue weighted by Crippen LogP contribution is -2.02. The molecule has 0 radical (unpaired) electrons. The zero-order valence-electron chi connectivity index (χ0n) is 6.43. The second-order valence-electron chi connectivity index (χ2n) is 2.26. The van der Waals surface area contributed by atoms with Crippen LogP contribution in [0.25, 0.3) is 0 Å². The molecule has 0 amide bonds. The number of hydrogen-bond donors (Lipinski definition) is 2. The highest BCUT2D eigenvalue weighted by atomic mass is 32.1. The van der Waals surface area contributed by atoms with Crippen molar-refractivity contribution in [2.45, 2.75) is 0 Å².